The Hall–Kier alpha value is -2.48. The number of nitrogens with zero attached hydrogens (tertiary/aromatic N) is 4. The van der Waals surface area contributed by atoms with Crippen molar-refractivity contribution in [2.24, 2.45) is 7.05 Å². The Morgan fingerprint density at radius 2 is 1.92 bits per heavy atom. The van der Waals surface area contributed by atoms with Crippen molar-refractivity contribution in [2.75, 3.05) is 39.5 Å². The molecule has 2 atom stereocenters. The SMILES string of the molecule is CN(CCOc1ccc2c(c1)C(Cc1ccccc1)C(N1CCCC1)CC2)[SH](C)(=O)c1cn(C)cn1. The Morgan fingerprint density at radius 1 is 1.14 bits per heavy atom. The van der Waals surface area contributed by atoms with E-state index in [1.54, 1.807) is 12.6 Å². The van der Waals surface area contributed by atoms with Crippen molar-refractivity contribution in [3.63, 3.8) is 0 Å². The summed E-state index contributed by atoms with van der Waals surface area (Å²) in [4.78, 5) is 7.05. The summed E-state index contributed by atoms with van der Waals surface area (Å²) < 4.78 is 23.3. The zero-order valence-corrected chi connectivity index (χ0v) is 22.7. The molecule has 36 heavy (non-hydrogen) atoms. The van der Waals surface area contributed by atoms with E-state index in [1.165, 1.54) is 49.0 Å². The minimum atomic E-state index is -2.71. The predicted octanol–water partition coefficient (Wildman–Crippen LogP) is 4.09. The van der Waals surface area contributed by atoms with Crippen molar-refractivity contribution >= 4 is 10.1 Å². The maximum atomic E-state index is 13.3. The molecule has 1 aliphatic carbocycles. The van der Waals surface area contributed by atoms with Gasteiger partial charge in [-0.05, 0) is 91.2 Å². The summed E-state index contributed by atoms with van der Waals surface area (Å²) in [6, 6.07) is 18.2. The molecule has 0 bridgehead atoms. The smallest absolute Gasteiger partial charge is 0.133 e. The molecule has 1 aromatic heterocycles. The van der Waals surface area contributed by atoms with Gasteiger partial charge >= 0.3 is 0 Å². The van der Waals surface area contributed by atoms with Gasteiger partial charge in [0, 0.05) is 38.0 Å². The number of rotatable bonds is 9. The largest absolute Gasteiger partial charge is 0.492 e. The Kier molecular flexibility index (Phi) is 7.60. The van der Waals surface area contributed by atoms with Crippen LogP contribution in [0, 0.1) is 0 Å². The van der Waals surface area contributed by atoms with E-state index < -0.39 is 10.1 Å². The summed E-state index contributed by atoms with van der Waals surface area (Å²) in [6.45, 7) is 3.51. The minimum absolute atomic E-state index is 0.473. The van der Waals surface area contributed by atoms with Crippen LogP contribution in [0.3, 0.4) is 0 Å². The van der Waals surface area contributed by atoms with Crippen LogP contribution in [0.4, 0.5) is 0 Å². The van der Waals surface area contributed by atoms with Gasteiger partial charge in [0.1, 0.15) is 17.4 Å². The van der Waals surface area contributed by atoms with Crippen LogP contribution in [0.15, 0.2) is 66.1 Å². The van der Waals surface area contributed by atoms with Crippen LogP contribution in [0.25, 0.3) is 0 Å². The molecule has 1 aliphatic heterocycles. The minimum Gasteiger partial charge on any atom is -0.492 e. The molecule has 1 saturated heterocycles. The first-order valence-corrected chi connectivity index (χ1v) is 15.3. The first-order chi connectivity index (χ1) is 17.4. The van der Waals surface area contributed by atoms with Crippen LogP contribution in [0.1, 0.15) is 41.9 Å². The molecule has 5 rings (SSSR count). The zero-order chi connectivity index (χ0) is 25.1. The van der Waals surface area contributed by atoms with Crippen LogP contribution >= 0.6 is 0 Å². The van der Waals surface area contributed by atoms with E-state index in [-0.39, 0.29) is 0 Å². The van der Waals surface area contributed by atoms with E-state index in [0.717, 1.165) is 18.6 Å². The Morgan fingerprint density at radius 3 is 2.64 bits per heavy atom. The van der Waals surface area contributed by atoms with Crippen LogP contribution in [0.5, 0.6) is 5.75 Å². The van der Waals surface area contributed by atoms with Crippen molar-refractivity contribution in [3.8, 4) is 5.75 Å². The molecule has 0 saturated carbocycles. The lowest BCUT2D eigenvalue weighted by Gasteiger charge is -2.39. The van der Waals surface area contributed by atoms with Gasteiger partial charge in [-0.2, -0.15) is 0 Å². The summed E-state index contributed by atoms with van der Waals surface area (Å²) >= 11 is 0. The van der Waals surface area contributed by atoms with Crippen molar-refractivity contribution < 1.29 is 8.95 Å². The van der Waals surface area contributed by atoms with Crippen LogP contribution in [-0.4, -0.2) is 68.6 Å². The molecular formula is C29H40N4O2S. The lowest BCUT2D eigenvalue weighted by molar-refractivity contribution is 0.188. The summed E-state index contributed by atoms with van der Waals surface area (Å²) in [5, 5.41) is 0.637. The predicted molar refractivity (Wildman–Crippen MR) is 147 cm³/mol. The van der Waals surface area contributed by atoms with Crippen LogP contribution < -0.4 is 4.74 Å². The molecule has 3 aromatic rings. The average Bonchev–Trinajstić information content (AvgIpc) is 3.57. The molecule has 0 radical (unpaired) electrons. The molecule has 2 aliphatic rings. The number of imidazole rings is 1. The molecule has 0 N–H and O–H groups in total. The number of hydrogen-bond donors (Lipinski definition) is 1. The van der Waals surface area contributed by atoms with Gasteiger partial charge in [0.25, 0.3) is 0 Å². The molecule has 2 aromatic carbocycles. The highest BCUT2D eigenvalue weighted by Crippen LogP contribution is 2.40. The molecule has 6 nitrogen and oxygen atoms in total. The van der Waals surface area contributed by atoms with Gasteiger partial charge in [0.05, 0.1) is 6.33 Å². The number of aryl methyl sites for hydroxylation is 2. The maximum Gasteiger partial charge on any atom is 0.133 e. The summed E-state index contributed by atoms with van der Waals surface area (Å²) in [7, 11) is 1.08. The number of benzene rings is 2. The molecular weight excluding hydrogens is 468 g/mol. The number of hydrogen-bond acceptors (Lipinski definition) is 4. The number of thiol groups is 1. The number of likely N-dealkylation sites (N-methyl/N-ethyl adjacent to an activating group) is 1. The second-order valence-corrected chi connectivity index (χ2v) is 13.4. The highest BCUT2D eigenvalue weighted by atomic mass is 32.3. The molecule has 2 unspecified atom stereocenters. The summed E-state index contributed by atoms with van der Waals surface area (Å²) in [5.41, 5.74) is 4.31. The molecule has 0 amide bonds. The van der Waals surface area contributed by atoms with E-state index in [4.69, 9.17) is 4.74 Å². The van der Waals surface area contributed by atoms with E-state index in [0.29, 0.717) is 30.1 Å². The lowest BCUT2D eigenvalue weighted by Crippen LogP contribution is -2.41. The average molecular weight is 509 g/mol. The standard InChI is InChI=1S/C29H40N4O2S/c1-31-21-29(30-22-31)36(3,34)32(2)17-18-35-25-13-11-24-12-14-28(33-15-7-8-16-33)27(26(24)20-25)19-23-9-5-4-6-10-23/h4-6,9-11,13,20-22,27-28,36H,7-8,12,14-19H2,1-3H3. The van der Waals surface area contributed by atoms with Gasteiger partial charge in [0.15, 0.2) is 0 Å². The fourth-order valence-corrected chi connectivity index (χ4v) is 7.32. The van der Waals surface area contributed by atoms with Gasteiger partial charge in [-0.1, -0.05) is 36.4 Å². The normalized spacial score (nSPS) is 21.0. The topological polar surface area (TPSA) is 50.6 Å². The molecule has 7 heteroatoms. The van der Waals surface area contributed by atoms with Crippen molar-refractivity contribution in [2.45, 2.75) is 49.1 Å². The van der Waals surface area contributed by atoms with E-state index in [9.17, 15) is 4.21 Å². The third-order valence-electron chi connectivity index (χ3n) is 8.05. The monoisotopic (exact) mass is 508 g/mol. The maximum absolute atomic E-state index is 13.3. The van der Waals surface area contributed by atoms with Gasteiger partial charge < -0.3 is 9.30 Å². The zero-order valence-electron chi connectivity index (χ0n) is 21.8. The molecule has 194 valence electrons. The highest BCUT2D eigenvalue weighted by Gasteiger charge is 2.35. The first-order valence-electron chi connectivity index (χ1n) is 13.2. The van der Waals surface area contributed by atoms with Crippen molar-refractivity contribution in [3.05, 3.63) is 77.7 Å². The number of fused-ring (bicyclic) bond motifs is 1. The number of likely N-dealkylation sites (tertiary alicyclic amines) is 1. The van der Waals surface area contributed by atoms with Crippen LogP contribution in [-0.2, 0) is 30.0 Å². The lowest BCUT2D eigenvalue weighted by atomic mass is 9.75. The molecule has 0 spiro atoms. The second kappa shape index (κ2) is 10.9. The third kappa shape index (κ3) is 5.43. The fraction of sp³-hybridized carbons (Fsp3) is 0.483. The van der Waals surface area contributed by atoms with E-state index in [2.05, 4.69) is 58.4 Å². The molecule has 2 heterocycles. The number of aromatic nitrogens is 2. The van der Waals surface area contributed by atoms with Crippen molar-refractivity contribution in [1.82, 2.24) is 18.8 Å². The van der Waals surface area contributed by atoms with Crippen molar-refractivity contribution in [1.29, 1.82) is 0 Å². The fourth-order valence-electron chi connectivity index (χ4n) is 5.85. The van der Waals surface area contributed by atoms with Gasteiger partial charge in [-0.3, -0.25) is 9.11 Å². The molecule has 1 fully saturated rings. The second-order valence-electron chi connectivity index (χ2n) is 10.5. The van der Waals surface area contributed by atoms with Gasteiger partial charge in [0.2, 0.25) is 0 Å². The third-order valence-corrected chi connectivity index (χ3v) is 10.6. The Labute approximate surface area is 216 Å². The van der Waals surface area contributed by atoms with Gasteiger partial charge in [-0.15, -0.1) is 0 Å². The first kappa shape index (κ1) is 25.2. The van der Waals surface area contributed by atoms with E-state index in [1.807, 2.05) is 29.2 Å². The number of ether oxygens (including phenoxy) is 1. The van der Waals surface area contributed by atoms with Crippen LogP contribution in [0.2, 0.25) is 0 Å². The Bertz CT molecular complexity index is 1200. The summed E-state index contributed by atoms with van der Waals surface area (Å²) in [5.74, 6) is 1.38. The quantitative estimate of drug-likeness (QED) is 0.443. The Balaban J connectivity index is 1.30. The summed E-state index contributed by atoms with van der Waals surface area (Å²) in [6.07, 6.45) is 11.4. The highest BCUT2D eigenvalue weighted by molar-refractivity contribution is 8.00. The van der Waals surface area contributed by atoms with Gasteiger partial charge in [-0.25, -0.2) is 9.29 Å². The van der Waals surface area contributed by atoms with E-state index >= 15 is 0 Å².